The third kappa shape index (κ3) is 26.9. The molecule has 1 aromatic heterocycles. The molecule has 1 aliphatic heterocycles. The average molecular weight is 991 g/mol. The molecule has 3 rings (SSSR count). The highest BCUT2D eigenvalue weighted by Crippen LogP contribution is 2.32. The van der Waals surface area contributed by atoms with Crippen LogP contribution in [-0.2, 0) is 30.4 Å². The maximum Gasteiger partial charge on any atom is 0.330 e. The van der Waals surface area contributed by atoms with Crippen molar-refractivity contribution >= 4 is 11.9 Å². The van der Waals surface area contributed by atoms with Crippen LogP contribution in [0.5, 0.6) is 11.5 Å². The molecule has 2 aromatic rings. The second kappa shape index (κ2) is 37.6. The van der Waals surface area contributed by atoms with E-state index < -0.39 is 41.6 Å². The molecule has 11 nitrogen and oxygen atoms in total. The van der Waals surface area contributed by atoms with Crippen LogP contribution in [0, 0.1) is 269 Å². The van der Waals surface area contributed by atoms with Crippen LogP contribution in [0.15, 0.2) is 34.0 Å². The van der Waals surface area contributed by atoms with E-state index in [-0.39, 0.29) is 37.4 Å². The lowest BCUT2D eigenvalue weighted by atomic mass is 10.1. The zero-order valence-electron chi connectivity index (χ0n) is 40.4. The van der Waals surface area contributed by atoms with Gasteiger partial charge in [0.15, 0.2) is 0 Å². The van der Waals surface area contributed by atoms with Gasteiger partial charge in [-0.2, -0.15) is 0 Å². The Balaban J connectivity index is 1.64. The van der Waals surface area contributed by atoms with Crippen molar-refractivity contribution in [1.82, 2.24) is 9.55 Å². The van der Waals surface area contributed by atoms with Crippen molar-refractivity contribution in [3.05, 3.63) is 56.4 Å². The van der Waals surface area contributed by atoms with E-state index in [0.29, 0.717) is 17.5 Å². The summed E-state index contributed by atoms with van der Waals surface area (Å²) in [6, 6.07) is 4.50. The van der Waals surface area contributed by atoms with E-state index in [9.17, 15) is 19.2 Å². The van der Waals surface area contributed by atoms with E-state index in [2.05, 4.69) is 254 Å². The summed E-state index contributed by atoms with van der Waals surface area (Å²) in [6.07, 6.45) is 14.2. The average Bonchev–Trinajstić information content (AvgIpc) is 3.84. The molecule has 2 heterocycles. The fourth-order valence-corrected chi connectivity index (χ4v) is 5.01. The minimum atomic E-state index is -0.769. The maximum absolute atomic E-state index is 12.8. The first-order valence-electron chi connectivity index (χ1n) is 21.5. The van der Waals surface area contributed by atoms with Crippen LogP contribution < -0.4 is 20.7 Å². The highest BCUT2D eigenvalue weighted by atomic mass is 16.6. The fraction of sp³-hybridized carbons (Fsp3) is 0.152. The van der Waals surface area contributed by atoms with Crippen molar-refractivity contribution in [3.8, 4) is 273 Å². The third-order valence-electron chi connectivity index (χ3n) is 8.03. The Morgan fingerprint density at radius 2 is 0.922 bits per heavy atom. The van der Waals surface area contributed by atoms with E-state index in [4.69, 9.17) is 36.5 Å². The Hall–Kier alpha value is -13.3. The highest BCUT2D eigenvalue weighted by molar-refractivity contribution is 5.77. The van der Waals surface area contributed by atoms with Crippen LogP contribution >= 0.6 is 0 Å². The van der Waals surface area contributed by atoms with Gasteiger partial charge in [0.1, 0.15) is 42.7 Å². The number of nitrogens with one attached hydrogen (secondary N) is 1. The monoisotopic (exact) mass is 990 g/mol. The summed E-state index contributed by atoms with van der Waals surface area (Å²) in [5.74, 6) is 97.0. The molecule has 3 atom stereocenters. The number of aryl methyl sites for hydroxylation is 1. The quantitative estimate of drug-likeness (QED) is 0.281. The zero-order valence-corrected chi connectivity index (χ0v) is 40.4. The lowest BCUT2D eigenvalue weighted by molar-refractivity contribution is -0.156. The van der Waals surface area contributed by atoms with Gasteiger partial charge in [-0.25, -0.2) is 4.79 Å². The highest BCUT2D eigenvalue weighted by Gasteiger charge is 2.38. The van der Waals surface area contributed by atoms with Gasteiger partial charge in [-0.15, -0.1) is 12.8 Å². The van der Waals surface area contributed by atoms with Crippen molar-refractivity contribution in [2.45, 2.75) is 64.6 Å². The molecule has 0 amide bonds. The van der Waals surface area contributed by atoms with Gasteiger partial charge in [0.25, 0.3) is 5.56 Å². The third-order valence-corrected chi connectivity index (χ3v) is 8.03. The van der Waals surface area contributed by atoms with Gasteiger partial charge in [0, 0.05) is 166 Å². The second-order valence-corrected chi connectivity index (χ2v) is 13.2. The first-order valence-corrected chi connectivity index (χ1v) is 21.5. The second-order valence-electron chi connectivity index (χ2n) is 13.2. The number of terminal acetylenes is 2. The van der Waals surface area contributed by atoms with Gasteiger partial charge < -0.3 is 23.7 Å². The largest absolute Gasteiger partial charge is 0.461 e. The Morgan fingerprint density at radius 3 is 1.30 bits per heavy atom. The summed E-state index contributed by atoms with van der Waals surface area (Å²) in [5.41, 5.74) is -0.445. The Morgan fingerprint density at radius 1 is 0.558 bits per heavy atom. The molecule has 77 heavy (non-hydrogen) atoms. The summed E-state index contributed by atoms with van der Waals surface area (Å²) >= 11 is 0. The molecule has 0 spiro atoms. The SMILES string of the molecule is C#CC#CC#CC#CC#CC#CC#CC#CC#CC#CC#COc1cc(COC(=O)CCC(=O)OC2C[C@H](n3cc(C)c(=O)[nH]c3=O)O[C@@H]2CC)cc(OC#CC#CC#CC#CC#CC#CC#CC#CC#CC#CC#C)c1. The summed E-state index contributed by atoms with van der Waals surface area (Å²) in [5, 5.41) is 0. The van der Waals surface area contributed by atoms with Gasteiger partial charge in [-0.3, -0.25) is 23.9 Å². The van der Waals surface area contributed by atoms with Gasteiger partial charge >= 0.3 is 17.6 Å². The number of aromatic nitrogens is 2. The molecule has 1 saturated heterocycles. The summed E-state index contributed by atoms with van der Waals surface area (Å²) in [6.45, 7) is 3.13. The number of ether oxygens (including phenoxy) is 5. The standard InChI is InChI=1S/C66H26N2O9/c1-5-8-10-12-14-16-18-20-22-24-26-28-30-32-34-36-38-40-42-44-48-73-58-50-57(51-59(52-58)74-49-45-43-41-39-37-35-33-31-29-27-25-23-21-19-17-15-13-11-9-6-2)55-75-63(69)46-47-64(70)77-61-53-62(76-60(61)7-3)68-54-56(4)65(71)67-66(68)72/h1-2,50-52,54,60-62H,7,46-47,53,55H2,3-4H3,(H,67,71,72)/t60-,61?,62-/m1/s1. The number of nitrogens with zero attached hydrogens (tertiary/aromatic N) is 1. The molecule has 1 aromatic carbocycles. The van der Waals surface area contributed by atoms with E-state index in [1.165, 1.54) is 29.0 Å². The van der Waals surface area contributed by atoms with Gasteiger partial charge in [-0.1, -0.05) is 6.92 Å². The van der Waals surface area contributed by atoms with Crippen molar-refractivity contribution in [2.24, 2.45) is 0 Å². The molecule has 354 valence electrons. The minimum absolute atomic E-state index is 0.159. The molecule has 1 N–H and O–H groups in total. The zero-order chi connectivity index (χ0) is 55.2. The van der Waals surface area contributed by atoms with Crippen LogP contribution in [0.25, 0.3) is 0 Å². The van der Waals surface area contributed by atoms with Crippen LogP contribution in [0.4, 0.5) is 0 Å². The fourth-order valence-electron chi connectivity index (χ4n) is 5.01. The number of esters is 2. The summed E-state index contributed by atoms with van der Waals surface area (Å²) < 4.78 is 29.3. The molecular formula is C66H26N2O9. The van der Waals surface area contributed by atoms with Crippen molar-refractivity contribution in [2.75, 3.05) is 0 Å². The maximum atomic E-state index is 12.8. The number of benzene rings is 1. The molecule has 1 aliphatic rings. The first-order chi connectivity index (χ1) is 37.7. The van der Waals surface area contributed by atoms with Gasteiger partial charge in [-0.05, 0) is 126 Å². The molecule has 1 unspecified atom stereocenters. The van der Waals surface area contributed by atoms with E-state index in [1.807, 2.05) is 6.92 Å². The minimum Gasteiger partial charge on any atom is -0.461 e. The topological polar surface area (TPSA) is 135 Å². The lowest BCUT2D eigenvalue weighted by Crippen LogP contribution is -2.33. The molecule has 0 saturated carbocycles. The number of hydrogen-bond acceptors (Lipinski definition) is 9. The lowest BCUT2D eigenvalue weighted by Gasteiger charge is -2.17. The number of aromatic amines is 1. The van der Waals surface area contributed by atoms with Gasteiger partial charge in [0.05, 0.1) is 18.9 Å². The van der Waals surface area contributed by atoms with Crippen LogP contribution in [-0.4, -0.2) is 33.7 Å². The Bertz CT molecular complexity index is 4090. The van der Waals surface area contributed by atoms with E-state index in [1.54, 1.807) is 6.92 Å². The normalized spacial score (nSPS) is 10.9. The number of hydrogen-bond donors (Lipinski definition) is 1. The van der Waals surface area contributed by atoms with E-state index in [0.717, 1.165) is 0 Å². The predicted octanol–water partition coefficient (Wildman–Crippen LogP) is 1.98. The molecular weight excluding hydrogens is 965 g/mol. The molecule has 0 radical (unpaired) electrons. The van der Waals surface area contributed by atoms with Crippen molar-refractivity contribution < 1.29 is 33.3 Å². The number of carbonyl (C=O) groups is 2. The number of rotatable bonds is 10. The number of H-pyrrole nitrogens is 1. The smallest absolute Gasteiger partial charge is 0.330 e. The molecule has 11 heteroatoms. The van der Waals surface area contributed by atoms with E-state index >= 15 is 0 Å². The van der Waals surface area contributed by atoms with Crippen molar-refractivity contribution in [3.63, 3.8) is 0 Å². The number of carbonyl (C=O) groups excluding carboxylic acids is 2. The van der Waals surface area contributed by atoms with Crippen LogP contribution in [0.1, 0.15) is 50.0 Å². The molecule has 0 aliphatic carbocycles. The first kappa shape index (κ1) is 58.0. The van der Waals surface area contributed by atoms with Crippen LogP contribution in [0.2, 0.25) is 0 Å². The predicted molar refractivity (Wildman–Crippen MR) is 285 cm³/mol. The molecule has 1 fully saturated rings. The van der Waals surface area contributed by atoms with Crippen LogP contribution in [0.3, 0.4) is 0 Å². The van der Waals surface area contributed by atoms with Gasteiger partial charge in [0.2, 0.25) is 0 Å². The Labute approximate surface area is 447 Å². The van der Waals surface area contributed by atoms with Crippen molar-refractivity contribution in [1.29, 1.82) is 0 Å². The summed E-state index contributed by atoms with van der Waals surface area (Å²) in [4.78, 5) is 52.1. The Kier molecular flexibility index (Phi) is 28.3. The summed E-state index contributed by atoms with van der Waals surface area (Å²) in [7, 11) is 0. The molecule has 0 bridgehead atoms.